The molecule has 3 nitrogen and oxygen atoms in total. The Balaban J connectivity index is 1.51. The standard InChI is InChI=1S/C18H27ClN2O/c1-22-18-8-3-2-7-17(18)21-11-9-20(10-12-21)14-15-5-4-6-16(19)13-15/h4-6,13,17-18H,2-3,7-12,14H2,1H3. The Morgan fingerprint density at radius 3 is 2.64 bits per heavy atom. The summed E-state index contributed by atoms with van der Waals surface area (Å²) in [6.07, 6.45) is 5.64. The minimum Gasteiger partial charge on any atom is -0.380 e. The summed E-state index contributed by atoms with van der Waals surface area (Å²) in [5, 5.41) is 0.835. The lowest BCUT2D eigenvalue weighted by Crippen LogP contribution is -2.54. The second-order valence-electron chi connectivity index (χ2n) is 6.57. The zero-order chi connectivity index (χ0) is 15.4. The highest BCUT2D eigenvalue weighted by atomic mass is 35.5. The van der Waals surface area contributed by atoms with E-state index in [0.29, 0.717) is 12.1 Å². The average Bonchev–Trinajstić information content (AvgIpc) is 2.56. The van der Waals surface area contributed by atoms with Crippen LogP contribution < -0.4 is 0 Å². The highest BCUT2D eigenvalue weighted by Gasteiger charge is 2.31. The van der Waals surface area contributed by atoms with Gasteiger partial charge in [-0.05, 0) is 30.5 Å². The van der Waals surface area contributed by atoms with E-state index in [2.05, 4.69) is 21.9 Å². The first-order valence-electron chi connectivity index (χ1n) is 8.50. The van der Waals surface area contributed by atoms with Crippen molar-refractivity contribution in [3.63, 3.8) is 0 Å². The molecule has 3 rings (SSSR count). The highest BCUT2D eigenvalue weighted by molar-refractivity contribution is 6.30. The lowest BCUT2D eigenvalue weighted by molar-refractivity contribution is -0.0279. The summed E-state index contributed by atoms with van der Waals surface area (Å²) in [5.41, 5.74) is 1.31. The summed E-state index contributed by atoms with van der Waals surface area (Å²) in [6, 6.07) is 8.86. The Hall–Kier alpha value is -0.610. The lowest BCUT2D eigenvalue weighted by Gasteiger charge is -2.43. The van der Waals surface area contributed by atoms with E-state index in [9.17, 15) is 0 Å². The van der Waals surface area contributed by atoms with Crippen molar-refractivity contribution < 1.29 is 4.74 Å². The van der Waals surface area contributed by atoms with Gasteiger partial charge in [0, 0.05) is 50.9 Å². The molecule has 0 aromatic heterocycles. The minimum atomic E-state index is 0.438. The molecule has 2 fully saturated rings. The van der Waals surface area contributed by atoms with Crippen LogP contribution in [0.25, 0.3) is 0 Å². The van der Waals surface area contributed by atoms with Crippen LogP contribution in [0.15, 0.2) is 24.3 Å². The normalized spacial score (nSPS) is 27.9. The van der Waals surface area contributed by atoms with Gasteiger partial charge in [-0.25, -0.2) is 0 Å². The van der Waals surface area contributed by atoms with Gasteiger partial charge in [0.2, 0.25) is 0 Å². The first-order valence-corrected chi connectivity index (χ1v) is 8.87. The fraction of sp³-hybridized carbons (Fsp3) is 0.667. The summed E-state index contributed by atoms with van der Waals surface area (Å²) < 4.78 is 5.72. The van der Waals surface area contributed by atoms with Gasteiger partial charge in [-0.1, -0.05) is 36.6 Å². The summed E-state index contributed by atoms with van der Waals surface area (Å²) in [4.78, 5) is 5.19. The topological polar surface area (TPSA) is 15.7 Å². The predicted molar refractivity (Wildman–Crippen MR) is 91.4 cm³/mol. The number of methoxy groups -OCH3 is 1. The third kappa shape index (κ3) is 4.02. The van der Waals surface area contributed by atoms with Crippen molar-refractivity contribution in [2.45, 2.75) is 44.4 Å². The fourth-order valence-corrected chi connectivity index (χ4v) is 4.13. The van der Waals surface area contributed by atoms with Crippen molar-refractivity contribution in [2.24, 2.45) is 0 Å². The van der Waals surface area contributed by atoms with Crippen LogP contribution in [0.4, 0.5) is 0 Å². The highest BCUT2D eigenvalue weighted by Crippen LogP contribution is 2.26. The average molecular weight is 323 g/mol. The Bertz CT molecular complexity index is 474. The van der Waals surface area contributed by atoms with Crippen LogP contribution in [0.3, 0.4) is 0 Å². The molecule has 0 amide bonds. The molecule has 1 heterocycles. The van der Waals surface area contributed by atoms with Crippen LogP contribution in [-0.2, 0) is 11.3 Å². The third-order valence-electron chi connectivity index (χ3n) is 5.14. The summed E-state index contributed by atoms with van der Waals surface area (Å²) in [7, 11) is 1.87. The van der Waals surface area contributed by atoms with Gasteiger partial charge in [0.05, 0.1) is 6.10 Å². The van der Waals surface area contributed by atoms with Gasteiger partial charge in [-0.2, -0.15) is 0 Å². The zero-order valence-corrected chi connectivity index (χ0v) is 14.3. The molecule has 1 aliphatic carbocycles. The van der Waals surface area contributed by atoms with E-state index in [0.717, 1.165) is 37.7 Å². The van der Waals surface area contributed by atoms with Gasteiger partial charge < -0.3 is 4.74 Å². The maximum Gasteiger partial charge on any atom is 0.0726 e. The van der Waals surface area contributed by atoms with Crippen LogP contribution >= 0.6 is 11.6 Å². The third-order valence-corrected chi connectivity index (χ3v) is 5.38. The Labute approximate surface area is 139 Å². The van der Waals surface area contributed by atoms with Crippen molar-refractivity contribution in [1.29, 1.82) is 0 Å². The molecule has 1 saturated heterocycles. The molecule has 2 atom stereocenters. The van der Waals surface area contributed by atoms with Crippen molar-refractivity contribution in [2.75, 3.05) is 33.3 Å². The number of hydrogen-bond acceptors (Lipinski definition) is 3. The molecule has 122 valence electrons. The van der Waals surface area contributed by atoms with Gasteiger partial charge in [-0.3, -0.25) is 9.80 Å². The smallest absolute Gasteiger partial charge is 0.0726 e. The Morgan fingerprint density at radius 2 is 1.91 bits per heavy atom. The molecule has 22 heavy (non-hydrogen) atoms. The molecule has 1 aromatic rings. The van der Waals surface area contributed by atoms with E-state index in [1.54, 1.807) is 0 Å². The molecule has 1 aliphatic heterocycles. The molecular weight excluding hydrogens is 296 g/mol. The van der Waals surface area contributed by atoms with Crippen molar-refractivity contribution >= 4 is 11.6 Å². The first-order chi connectivity index (χ1) is 10.8. The molecule has 1 aromatic carbocycles. The summed E-state index contributed by atoms with van der Waals surface area (Å²) in [5.74, 6) is 0. The number of rotatable bonds is 4. The van der Waals surface area contributed by atoms with Gasteiger partial charge in [-0.15, -0.1) is 0 Å². The fourth-order valence-electron chi connectivity index (χ4n) is 3.92. The monoisotopic (exact) mass is 322 g/mol. The Morgan fingerprint density at radius 1 is 1.14 bits per heavy atom. The van der Waals surface area contributed by atoms with E-state index >= 15 is 0 Å². The van der Waals surface area contributed by atoms with Crippen LogP contribution in [0.2, 0.25) is 5.02 Å². The summed E-state index contributed by atoms with van der Waals surface area (Å²) >= 11 is 6.08. The van der Waals surface area contributed by atoms with Crippen molar-refractivity contribution in [3.8, 4) is 0 Å². The lowest BCUT2D eigenvalue weighted by atomic mass is 9.90. The molecule has 0 radical (unpaired) electrons. The number of halogens is 1. The van der Waals surface area contributed by atoms with Gasteiger partial charge >= 0.3 is 0 Å². The molecule has 0 N–H and O–H groups in total. The molecular formula is C18H27ClN2O. The molecule has 1 saturated carbocycles. The SMILES string of the molecule is COC1CCCCC1N1CCN(Cc2cccc(Cl)c2)CC1. The van der Waals surface area contributed by atoms with E-state index in [-0.39, 0.29) is 0 Å². The van der Waals surface area contributed by atoms with Gasteiger partial charge in [0.1, 0.15) is 0 Å². The van der Waals surface area contributed by atoms with E-state index in [1.807, 2.05) is 19.2 Å². The molecule has 0 spiro atoms. The predicted octanol–water partition coefficient (Wildman–Crippen LogP) is 3.42. The van der Waals surface area contributed by atoms with Crippen molar-refractivity contribution in [1.82, 2.24) is 9.80 Å². The van der Waals surface area contributed by atoms with Crippen LogP contribution in [0.5, 0.6) is 0 Å². The van der Waals surface area contributed by atoms with E-state index in [4.69, 9.17) is 16.3 Å². The number of ether oxygens (including phenoxy) is 1. The minimum absolute atomic E-state index is 0.438. The maximum absolute atomic E-state index is 6.08. The van der Waals surface area contributed by atoms with Crippen molar-refractivity contribution in [3.05, 3.63) is 34.9 Å². The quantitative estimate of drug-likeness (QED) is 0.845. The number of hydrogen-bond donors (Lipinski definition) is 0. The van der Waals surface area contributed by atoms with E-state index in [1.165, 1.54) is 31.2 Å². The second-order valence-corrected chi connectivity index (χ2v) is 7.00. The largest absolute Gasteiger partial charge is 0.380 e. The van der Waals surface area contributed by atoms with Gasteiger partial charge in [0.15, 0.2) is 0 Å². The van der Waals surface area contributed by atoms with Crippen LogP contribution in [0.1, 0.15) is 31.2 Å². The van der Waals surface area contributed by atoms with E-state index < -0.39 is 0 Å². The van der Waals surface area contributed by atoms with Gasteiger partial charge in [0.25, 0.3) is 0 Å². The zero-order valence-electron chi connectivity index (χ0n) is 13.5. The molecule has 2 aliphatic rings. The molecule has 0 bridgehead atoms. The first kappa shape index (κ1) is 16.3. The van der Waals surface area contributed by atoms with Crippen LogP contribution in [-0.4, -0.2) is 55.2 Å². The number of piperazine rings is 1. The van der Waals surface area contributed by atoms with Crippen LogP contribution in [0, 0.1) is 0 Å². The molecule has 4 heteroatoms. The second kappa shape index (κ2) is 7.78. The Kier molecular flexibility index (Phi) is 5.75. The number of benzene rings is 1. The summed E-state index contributed by atoms with van der Waals surface area (Å²) in [6.45, 7) is 5.60. The molecule has 2 unspecified atom stereocenters. The maximum atomic E-state index is 6.08. The number of nitrogens with zero attached hydrogens (tertiary/aromatic N) is 2.